The largest absolute Gasteiger partial charge is 0.497 e. The Labute approximate surface area is 217 Å². The fraction of sp³-hybridized carbons (Fsp3) is 0.267. The van der Waals surface area contributed by atoms with Crippen molar-refractivity contribution in [3.63, 3.8) is 0 Å². The summed E-state index contributed by atoms with van der Waals surface area (Å²) in [4.78, 5) is 12.5. The average molecular weight is 499 g/mol. The van der Waals surface area contributed by atoms with Gasteiger partial charge in [0.05, 0.1) is 26.1 Å². The lowest BCUT2D eigenvalue weighted by Gasteiger charge is -2.26. The molecule has 7 nitrogen and oxygen atoms in total. The first kappa shape index (κ1) is 25.6. The second-order valence-corrected chi connectivity index (χ2v) is 8.75. The number of hydrogen-bond donors (Lipinski definition) is 1. The maximum atomic E-state index is 12.5. The van der Waals surface area contributed by atoms with Crippen LogP contribution in [0.1, 0.15) is 48.8 Å². The molecule has 0 bridgehead atoms. The van der Waals surface area contributed by atoms with Crippen LogP contribution in [-0.2, 0) is 11.2 Å². The first-order valence-electron chi connectivity index (χ1n) is 12.3. The van der Waals surface area contributed by atoms with Gasteiger partial charge in [-0.2, -0.15) is 5.26 Å². The first-order chi connectivity index (χ1) is 18.0. The van der Waals surface area contributed by atoms with Gasteiger partial charge in [0.1, 0.15) is 34.6 Å². The molecule has 7 heteroatoms. The van der Waals surface area contributed by atoms with Crippen molar-refractivity contribution in [2.75, 3.05) is 13.7 Å². The number of carbonyl (C=O) groups excluding carboxylic acids is 1. The summed E-state index contributed by atoms with van der Waals surface area (Å²) in [6, 6.07) is 22.2. The number of methoxy groups -OCH3 is 1. The van der Waals surface area contributed by atoms with E-state index in [0.29, 0.717) is 23.7 Å². The van der Waals surface area contributed by atoms with E-state index >= 15 is 0 Å². The molecule has 37 heavy (non-hydrogen) atoms. The van der Waals surface area contributed by atoms with E-state index in [9.17, 15) is 10.1 Å². The van der Waals surface area contributed by atoms with Gasteiger partial charge in [-0.05, 0) is 47.9 Å². The molecule has 0 aliphatic carbocycles. The van der Waals surface area contributed by atoms with Gasteiger partial charge in [-0.25, -0.2) is 0 Å². The minimum atomic E-state index is -0.410. The summed E-state index contributed by atoms with van der Waals surface area (Å²) in [7, 11) is 1.59. The number of benzene rings is 3. The fourth-order valence-electron chi connectivity index (χ4n) is 4.22. The number of nitrogens with two attached hydrogens (primary N) is 1. The molecule has 1 atom stereocenters. The predicted molar refractivity (Wildman–Crippen MR) is 140 cm³/mol. The molecule has 1 unspecified atom stereocenters. The summed E-state index contributed by atoms with van der Waals surface area (Å²) >= 11 is 0. The van der Waals surface area contributed by atoms with Crippen molar-refractivity contribution in [3.8, 4) is 29.1 Å². The van der Waals surface area contributed by atoms with Crippen LogP contribution >= 0.6 is 0 Å². The summed E-state index contributed by atoms with van der Waals surface area (Å²) in [5.74, 6) is 1.48. The molecule has 3 aromatic carbocycles. The Morgan fingerprint density at radius 3 is 2.38 bits per heavy atom. The van der Waals surface area contributed by atoms with Crippen LogP contribution in [0.15, 0.2) is 78.2 Å². The van der Waals surface area contributed by atoms with Crippen molar-refractivity contribution >= 4 is 5.97 Å². The molecule has 0 aromatic heterocycles. The van der Waals surface area contributed by atoms with E-state index in [1.54, 1.807) is 37.4 Å². The van der Waals surface area contributed by atoms with Gasteiger partial charge in [-0.3, -0.25) is 4.79 Å². The topological polar surface area (TPSA) is 104 Å². The lowest BCUT2D eigenvalue weighted by molar-refractivity contribution is -0.133. The number of hydrogen-bond acceptors (Lipinski definition) is 7. The molecule has 1 heterocycles. The van der Waals surface area contributed by atoms with Crippen LogP contribution in [0, 0.1) is 11.3 Å². The zero-order valence-electron chi connectivity index (χ0n) is 21.0. The van der Waals surface area contributed by atoms with Gasteiger partial charge in [0.2, 0.25) is 5.88 Å². The number of esters is 1. The van der Waals surface area contributed by atoms with E-state index in [-0.39, 0.29) is 12.3 Å². The van der Waals surface area contributed by atoms with Crippen molar-refractivity contribution in [2.24, 2.45) is 5.73 Å². The van der Waals surface area contributed by atoms with E-state index in [4.69, 9.17) is 24.7 Å². The van der Waals surface area contributed by atoms with Crippen LogP contribution in [0.3, 0.4) is 0 Å². The second-order valence-electron chi connectivity index (χ2n) is 8.75. The lowest BCUT2D eigenvalue weighted by atomic mass is 9.83. The van der Waals surface area contributed by atoms with E-state index < -0.39 is 11.9 Å². The molecule has 0 saturated heterocycles. The van der Waals surface area contributed by atoms with Gasteiger partial charge in [0.15, 0.2) is 0 Å². The molecule has 2 N–H and O–H groups in total. The third kappa shape index (κ3) is 6.22. The molecule has 1 aliphatic rings. The van der Waals surface area contributed by atoms with Gasteiger partial charge < -0.3 is 24.7 Å². The van der Waals surface area contributed by atoms with Gasteiger partial charge in [0.25, 0.3) is 0 Å². The Morgan fingerprint density at radius 1 is 1.00 bits per heavy atom. The highest BCUT2D eigenvalue weighted by molar-refractivity contribution is 5.75. The quantitative estimate of drug-likeness (QED) is 0.219. The molecule has 0 amide bonds. The van der Waals surface area contributed by atoms with Gasteiger partial charge in [-0.15, -0.1) is 0 Å². The predicted octanol–water partition coefficient (Wildman–Crippen LogP) is 5.63. The van der Waals surface area contributed by atoms with Gasteiger partial charge in [0, 0.05) is 11.6 Å². The van der Waals surface area contributed by atoms with Crippen molar-refractivity contribution in [3.05, 3.63) is 94.9 Å². The zero-order valence-corrected chi connectivity index (χ0v) is 21.0. The maximum Gasteiger partial charge on any atom is 0.315 e. The molecular weight excluding hydrogens is 468 g/mol. The van der Waals surface area contributed by atoms with E-state index in [0.717, 1.165) is 47.5 Å². The van der Waals surface area contributed by atoms with Crippen molar-refractivity contribution < 1.29 is 23.7 Å². The molecule has 3 aromatic rings. The summed E-state index contributed by atoms with van der Waals surface area (Å²) in [6.07, 6.45) is 3.39. The van der Waals surface area contributed by atoms with E-state index in [2.05, 4.69) is 13.0 Å². The number of rotatable bonds is 10. The number of allylic oxidation sites excluding steroid dienone is 1. The van der Waals surface area contributed by atoms with Crippen LogP contribution in [0.5, 0.6) is 23.0 Å². The highest BCUT2D eigenvalue weighted by Crippen LogP contribution is 2.43. The summed E-state index contributed by atoms with van der Waals surface area (Å²) < 4.78 is 22.3. The van der Waals surface area contributed by atoms with Gasteiger partial charge in [-0.1, -0.05) is 50.1 Å². The lowest BCUT2D eigenvalue weighted by Crippen LogP contribution is -2.21. The molecular formula is C30H30N2O5. The third-order valence-electron chi connectivity index (χ3n) is 6.16. The van der Waals surface area contributed by atoms with Crippen LogP contribution in [-0.4, -0.2) is 19.7 Å². The molecule has 0 spiro atoms. The van der Waals surface area contributed by atoms with Crippen molar-refractivity contribution in [1.29, 1.82) is 5.26 Å². The third-order valence-corrected chi connectivity index (χ3v) is 6.16. The Bertz CT molecular complexity index is 1310. The number of fused-ring (bicyclic) bond motifs is 1. The van der Waals surface area contributed by atoms with Crippen LogP contribution < -0.4 is 24.7 Å². The smallest absolute Gasteiger partial charge is 0.315 e. The van der Waals surface area contributed by atoms with Crippen LogP contribution in [0.2, 0.25) is 0 Å². The van der Waals surface area contributed by atoms with Gasteiger partial charge >= 0.3 is 5.97 Å². The Hall–Kier alpha value is -4.44. The normalized spacial score (nSPS) is 14.2. The van der Waals surface area contributed by atoms with Crippen LogP contribution in [0.4, 0.5) is 0 Å². The number of carbonyl (C=O) groups is 1. The minimum absolute atomic E-state index is 0.0293. The second kappa shape index (κ2) is 12.0. The molecule has 1 aliphatic heterocycles. The SMILES string of the molecule is CCCCCOc1ccc(C2C(C#N)=C(N)Oc3cc(OC(=O)Cc4ccc(OC)cc4)ccc32)cc1. The highest BCUT2D eigenvalue weighted by Gasteiger charge is 2.31. The number of nitriles is 1. The Balaban J connectivity index is 1.51. The number of unbranched alkanes of at least 4 members (excludes halogenated alkanes) is 2. The standard InChI is InChI=1S/C30H30N2O5/c1-3-4-5-16-35-23-12-8-21(9-13-23)29-25-15-14-24(18-27(25)37-30(32)26(29)19-31)36-28(33)17-20-6-10-22(34-2)11-7-20/h6-15,18,29H,3-5,16-17,32H2,1-2H3. The highest BCUT2D eigenvalue weighted by atomic mass is 16.5. The maximum absolute atomic E-state index is 12.5. The summed E-state index contributed by atoms with van der Waals surface area (Å²) in [5.41, 5.74) is 8.91. The number of nitrogens with zero attached hydrogens (tertiary/aromatic N) is 1. The van der Waals surface area contributed by atoms with Crippen molar-refractivity contribution in [2.45, 2.75) is 38.5 Å². The molecule has 0 radical (unpaired) electrons. The Kier molecular flexibility index (Phi) is 8.32. The monoisotopic (exact) mass is 498 g/mol. The average Bonchev–Trinajstić information content (AvgIpc) is 2.91. The Morgan fingerprint density at radius 2 is 1.70 bits per heavy atom. The zero-order chi connectivity index (χ0) is 26.2. The van der Waals surface area contributed by atoms with Crippen molar-refractivity contribution in [1.82, 2.24) is 0 Å². The first-order valence-corrected chi connectivity index (χ1v) is 12.3. The molecule has 0 saturated carbocycles. The molecule has 190 valence electrons. The molecule has 4 rings (SSSR count). The fourth-order valence-corrected chi connectivity index (χ4v) is 4.22. The van der Waals surface area contributed by atoms with E-state index in [1.807, 2.05) is 36.4 Å². The van der Waals surface area contributed by atoms with E-state index in [1.165, 1.54) is 0 Å². The summed E-state index contributed by atoms with van der Waals surface area (Å²) in [6.45, 7) is 2.82. The molecule has 0 fully saturated rings. The minimum Gasteiger partial charge on any atom is -0.497 e. The summed E-state index contributed by atoms with van der Waals surface area (Å²) in [5, 5.41) is 9.82. The number of ether oxygens (including phenoxy) is 4. The van der Waals surface area contributed by atoms with Crippen LogP contribution in [0.25, 0.3) is 0 Å².